The summed E-state index contributed by atoms with van der Waals surface area (Å²) in [5.74, 6) is 1.51. The highest BCUT2D eigenvalue weighted by molar-refractivity contribution is 5.94. The van der Waals surface area contributed by atoms with Gasteiger partial charge in [0.25, 0.3) is 5.91 Å². The van der Waals surface area contributed by atoms with E-state index in [1.807, 2.05) is 57.2 Å². The Hall–Kier alpha value is -2.49. The molecule has 0 saturated heterocycles. The van der Waals surface area contributed by atoms with Gasteiger partial charge < -0.3 is 14.8 Å². The number of carbonyl (C=O) groups excluding carboxylic acids is 1. The van der Waals surface area contributed by atoms with E-state index in [-0.39, 0.29) is 5.91 Å². The van der Waals surface area contributed by atoms with Crippen LogP contribution in [0.1, 0.15) is 41.8 Å². The summed E-state index contributed by atoms with van der Waals surface area (Å²) in [6, 6.07) is 13.3. The molecule has 0 aromatic heterocycles. The largest absolute Gasteiger partial charge is 0.493 e. The quantitative estimate of drug-likeness (QED) is 0.793. The minimum atomic E-state index is -0.0722. The molecule has 4 heteroatoms. The molecule has 2 aromatic rings. The fraction of sp³-hybridized carbons (Fsp3) is 0.350. The van der Waals surface area contributed by atoms with Gasteiger partial charge in [0.05, 0.1) is 6.61 Å². The van der Waals surface area contributed by atoms with Crippen LogP contribution in [-0.4, -0.2) is 19.1 Å². The second-order valence-corrected chi connectivity index (χ2v) is 5.57. The number of benzene rings is 2. The number of amides is 1. The Bertz CT molecular complexity index is 682. The standard InChI is InChI=1S/C20H25NO3/c1-4-12-21-20(22)16-10-11-19(23-5-2)17(13-16)14-24-18-9-7-6-8-15(18)3/h6-11,13H,4-5,12,14H2,1-3H3,(H,21,22). The van der Waals surface area contributed by atoms with Gasteiger partial charge in [-0.25, -0.2) is 0 Å². The van der Waals surface area contributed by atoms with Gasteiger partial charge in [-0.05, 0) is 50.1 Å². The molecule has 0 heterocycles. The minimum absolute atomic E-state index is 0.0722. The maximum absolute atomic E-state index is 12.2. The van der Waals surface area contributed by atoms with E-state index in [9.17, 15) is 4.79 Å². The van der Waals surface area contributed by atoms with Gasteiger partial charge in [-0.3, -0.25) is 4.79 Å². The summed E-state index contributed by atoms with van der Waals surface area (Å²) in [5.41, 5.74) is 2.56. The normalized spacial score (nSPS) is 10.3. The van der Waals surface area contributed by atoms with Crippen molar-refractivity contribution in [2.45, 2.75) is 33.8 Å². The molecular weight excluding hydrogens is 302 g/mol. The van der Waals surface area contributed by atoms with Crippen LogP contribution < -0.4 is 14.8 Å². The Labute approximate surface area is 143 Å². The highest BCUT2D eigenvalue weighted by Crippen LogP contribution is 2.24. The van der Waals surface area contributed by atoms with Gasteiger partial charge in [0.2, 0.25) is 0 Å². The SMILES string of the molecule is CCCNC(=O)c1ccc(OCC)c(COc2ccccc2C)c1. The number of carbonyl (C=O) groups is 1. The first-order chi connectivity index (χ1) is 11.7. The maximum Gasteiger partial charge on any atom is 0.251 e. The van der Waals surface area contributed by atoms with E-state index in [1.54, 1.807) is 6.07 Å². The number of para-hydroxylation sites is 1. The molecule has 4 nitrogen and oxygen atoms in total. The van der Waals surface area contributed by atoms with Crippen LogP contribution in [0.5, 0.6) is 11.5 Å². The predicted octanol–water partition coefficient (Wildman–Crippen LogP) is 4.11. The third kappa shape index (κ3) is 4.75. The molecule has 1 amide bonds. The van der Waals surface area contributed by atoms with Crippen LogP contribution in [0.4, 0.5) is 0 Å². The second kappa shape index (κ2) is 8.96. The molecular formula is C20H25NO3. The van der Waals surface area contributed by atoms with Gasteiger partial charge in [-0.15, -0.1) is 0 Å². The zero-order chi connectivity index (χ0) is 17.4. The van der Waals surface area contributed by atoms with Crippen LogP contribution in [0.25, 0.3) is 0 Å². The first kappa shape index (κ1) is 17.9. The Balaban J connectivity index is 2.18. The fourth-order valence-corrected chi connectivity index (χ4v) is 2.34. The molecule has 0 spiro atoms. The lowest BCUT2D eigenvalue weighted by Gasteiger charge is -2.14. The Morgan fingerprint density at radius 1 is 1.04 bits per heavy atom. The van der Waals surface area contributed by atoms with Gasteiger partial charge in [-0.1, -0.05) is 25.1 Å². The lowest BCUT2D eigenvalue weighted by molar-refractivity contribution is 0.0953. The smallest absolute Gasteiger partial charge is 0.251 e. The monoisotopic (exact) mass is 327 g/mol. The average Bonchev–Trinajstić information content (AvgIpc) is 2.60. The van der Waals surface area contributed by atoms with Gasteiger partial charge >= 0.3 is 0 Å². The molecule has 0 radical (unpaired) electrons. The van der Waals surface area contributed by atoms with Crippen molar-refractivity contribution in [1.29, 1.82) is 0 Å². The first-order valence-electron chi connectivity index (χ1n) is 8.38. The van der Waals surface area contributed by atoms with Crippen LogP contribution in [0.2, 0.25) is 0 Å². The molecule has 0 aliphatic rings. The molecule has 0 bridgehead atoms. The molecule has 0 unspecified atom stereocenters. The molecule has 128 valence electrons. The topological polar surface area (TPSA) is 47.6 Å². The number of rotatable bonds is 8. The number of ether oxygens (including phenoxy) is 2. The van der Waals surface area contributed by atoms with Crippen molar-refractivity contribution in [3.8, 4) is 11.5 Å². The van der Waals surface area contributed by atoms with Crippen molar-refractivity contribution < 1.29 is 14.3 Å². The summed E-state index contributed by atoms with van der Waals surface area (Å²) in [5, 5.41) is 2.89. The average molecular weight is 327 g/mol. The molecule has 1 N–H and O–H groups in total. The highest BCUT2D eigenvalue weighted by atomic mass is 16.5. The van der Waals surface area contributed by atoms with E-state index >= 15 is 0 Å². The number of hydrogen-bond donors (Lipinski definition) is 1. The van der Waals surface area contributed by atoms with Crippen molar-refractivity contribution in [3.05, 3.63) is 59.2 Å². The van der Waals surface area contributed by atoms with Crippen LogP contribution >= 0.6 is 0 Å². The van der Waals surface area contributed by atoms with Crippen molar-refractivity contribution in [2.75, 3.05) is 13.2 Å². The van der Waals surface area contributed by atoms with Gasteiger partial charge in [0, 0.05) is 17.7 Å². The van der Waals surface area contributed by atoms with E-state index in [4.69, 9.17) is 9.47 Å². The summed E-state index contributed by atoms with van der Waals surface area (Å²) in [4.78, 5) is 12.2. The minimum Gasteiger partial charge on any atom is -0.493 e. The molecule has 0 aliphatic heterocycles. The molecule has 0 aliphatic carbocycles. The molecule has 24 heavy (non-hydrogen) atoms. The van der Waals surface area contributed by atoms with Gasteiger partial charge in [-0.2, -0.15) is 0 Å². The maximum atomic E-state index is 12.2. The second-order valence-electron chi connectivity index (χ2n) is 5.57. The molecule has 0 fully saturated rings. The first-order valence-corrected chi connectivity index (χ1v) is 8.38. The molecule has 0 saturated carbocycles. The van der Waals surface area contributed by atoms with Crippen molar-refractivity contribution in [1.82, 2.24) is 5.32 Å². The predicted molar refractivity (Wildman–Crippen MR) is 95.7 cm³/mol. The van der Waals surface area contributed by atoms with E-state index in [2.05, 4.69) is 5.32 Å². The zero-order valence-electron chi connectivity index (χ0n) is 14.6. The summed E-state index contributed by atoms with van der Waals surface area (Å²) in [6.07, 6.45) is 0.909. The van der Waals surface area contributed by atoms with Crippen LogP contribution in [0.3, 0.4) is 0 Å². The van der Waals surface area contributed by atoms with Crippen LogP contribution in [0.15, 0.2) is 42.5 Å². The summed E-state index contributed by atoms with van der Waals surface area (Å²) >= 11 is 0. The Morgan fingerprint density at radius 3 is 2.54 bits per heavy atom. The van der Waals surface area contributed by atoms with Crippen molar-refractivity contribution in [2.24, 2.45) is 0 Å². The van der Waals surface area contributed by atoms with Crippen molar-refractivity contribution in [3.63, 3.8) is 0 Å². The van der Waals surface area contributed by atoms with Crippen LogP contribution in [-0.2, 0) is 6.61 Å². The Kier molecular flexibility index (Phi) is 6.67. The van der Waals surface area contributed by atoms with E-state index in [0.717, 1.165) is 29.0 Å². The number of nitrogens with one attached hydrogen (secondary N) is 1. The third-order valence-electron chi connectivity index (χ3n) is 3.63. The molecule has 2 rings (SSSR count). The highest BCUT2D eigenvalue weighted by Gasteiger charge is 2.11. The van der Waals surface area contributed by atoms with Gasteiger partial charge in [0.15, 0.2) is 0 Å². The van der Waals surface area contributed by atoms with E-state index < -0.39 is 0 Å². The summed E-state index contributed by atoms with van der Waals surface area (Å²) in [6.45, 7) is 7.57. The molecule has 2 aromatic carbocycles. The van der Waals surface area contributed by atoms with Gasteiger partial charge in [0.1, 0.15) is 18.1 Å². The van der Waals surface area contributed by atoms with E-state index in [1.165, 1.54) is 0 Å². The summed E-state index contributed by atoms with van der Waals surface area (Å²) in [7, 11) is 0. The zero-order valence-corrected chi connectivity index (χ0v) is 14.6. The van der Waals surface area contributed by atoms with Crippen molar-refractivity contribution >= 4 is 5.91 Å². The third-order valence-corrected chi connectivity index (χ3v) is 3.63. The van der Waals surface area contributed by atoms with Crippen LogP contribution in [0, 0.1) is 6.92 Å². The van der Waals surface area contributed by atoms with E-state index in [0.29, 0.717) is 25.3 Å². The number of hydrogen-bond acceptors (Lipinski definition) is 3. The molecule has 0 atom stereocenters. The lowest BCUT2D eigenvalue weighted by atomic mass is 10.1. The lowest BCUT2D eigenvalue weighted by Crippen LogP contribution is -2.24. The Morgan fingerprint density at radius 2 is 1.83 bits per heavy atom. The number of aryl methyl sites for hydroxylation is 1. The summed E-state index contributed by atoms with van der Waals surface area (Å²) < 4.78 is 11.6. The fourth-order valence-electron chi connectivity index (χ4n) is 2.34.